The van der Waals surface area contributed by atoms with Crippen molar-refractivity contribution in [3.8, 4) is 11.5 Å². The fourth-order valence-corrected chi connectivity index (χ4v) is 1.88. The zero-order valence-corrected chi connectivity index (χ0v) is 9.77. The van der Waals surface area contributed by atoms with Crippen LogP contribution in [0.3, 0.4) is 0 Å². The van der Waals surface area contributed by atoms with Crippen LogP contribution in [-0.4, -0.2) is 37.0 Å². The SMILES string of the molecule is [B]C1([B])Oc2ccc(C([B])([B])CCC)cc2O1. The highest BCUT2D eigenvalue weighted by molar-refractivity contribution is 6.40. The Morgan fingerprint density at radius 2 is 1.82 bits per heavy atom. The van der Waals surface area contributed by atoms with Gasteiger partial charge in [-0.15, -0.1) is 0 Å². The summed E-state index contributed by atoms with van der Waals surface area (Å²) in [5.74, 6) is 0.954. The van der Waals surface area contributed by atoms with E-state index in [2.05, 4.69) is 0 Å². The molecule has 1 aromatic carbocycles. The summed E-state index contributed by atoms with van der Waals surface area (Å²) in [5, 5.41) is -0.887. The molecule has 0 aromatic heterocycles. The predicted molar refractivity (Wildman–Crippen MR) is 70.0 cm³/mol. The molecule has 0 bridgehead atoms. The first kappa shape index (κ1) is 12.5. The van der Waals surface area contributed by atoms with Crippen LogP contribution in [0, 0.1) is 0 Å². The van der Waals surface area contributed by atoms with Crippen LogP contribution in [0.4, 0.5) is 0 Å². The number of benzene rings is 1. The number of hydrogen-bond donors (Lipinski definition) is 0. The van der Waals surface area contributed by atoms with Crippen molar-refractivity contribution in [3.05, 3.63) is 23.8 Å². The number of rotatable bonds is 3. The van der Waals surface area contributed by atoms with Crippen molar-refractivity contribution >= 4 is 31.4 Å². The summed E-state index contributed by atoms with van der Waals surface area (Å²) >= 11 is 0. The Morgan fingerprint density at radius 3 is 2.47 bits per heavy atom. The first-order valence-electron chi connectivity index (χ1n) is 5.52. The molecule has 8 radical (unpaired) electrons. The normalized spacial score (nSPS) is 17.0. The second-order valence-electron chi connectivity index (χ2n) is 4.38. The minimum atomic E-state index is -1.61. The molecule has 1 aliphatic rings. The van der Waals surface area contributed by atoms with Crippen molar-refractivity contribution in [2.24, 2.45) is 0 Å². The zero-order valence-electron chi connectivity index (χ0n) is 9.77. The Morgan fingerprint density at radius 1 is 1.18 bits per heavy atom. The van der Waals surface area contributed by atoms with Gasteiger partial charge in [0.15, 0.2) is 32.8 Å². The Bertz CT molecular complexity index is 431. The third-order valence-corrected chi connectivity index (χ3v) is 2.68. The van der Waals surface area contributed by atoms with Crippen molar-refractivity contribution in [2.75, 3.05) is 0 Å². The van der Waals surface area contributed by atoms with Crippen molar-refractivity contribution < 1.29 is 9.47 Å². The van der Waals surface area contributed by atoms with Gasteiger partial charge in [0.2, 0.25) is 0 Å². The fraction of sp³-hybridized carbons (Fsp3) is 0.455. The molecule has 0 unspecified atom stereocenters. The van der Waals surface area contributed by atoms with Crippen LogP contribution in [-0.2, 0) is 5.21 Å². The Labute approximate surface area is 107 Å². The molecule has 78 valence electrons. The van der Waals surface area contributed by atoms with Gasteiger partial charge in [-0.3, -0.25) is 0 Å². The molecule has 1 aliphatic heterocycles. The molecule has 2 rings (SSSR count). The highest BCUT2D eigenvalue weighted by Crippen LogP contribution is 2.39. The lowest BCUT2D eigenvalue weighted by Gasteiger charge is -2.26. The van der Waals surface area contributed by atoms with Crippen LogP contribution >= 0.6 is 0 Å². The summed E-state index contributed by atoms with van der Waals surface area (Å²) in [6.45, 7) is 2.02. The standard InChI is InChI=1S/C11H10B4O2/c1-2-5-10(12,13)7-3-4-8-9(6-7)17-11(14,15)16-8/h3-4,6H,2,5H2,1H3. The molecule has 0 saturated carbocycles. The molecule has 0 atom stereocenters. The summed E-state index contributed by atoms with van der Waals surface area (Å²) < 4.78 is 10.4. The van der Waals surface area contributed by atoms with Gasteiger partial charge in [-0.2, -0.15) is 0 Å². The van der Waals surface area contributed by atoms with Gasteiger partial charge < -0.3 is 9.47 Å². The lowest BCUT2D eigenvalue weighted by Crippen LogP contribution is -2.39. The van der Waals surface area contributed by atoms with E-state index in [1.807, 2.05) is 6.92 Å². The van der Waals surface area contributed by atoms with E-state index in [0.717, 1.165) is 12.0 Å². The van der Waals surface area contributed by atoms with E-state index in [0.29, 0.717) is 17.9 Å². The van der Waals surface area contributed by atoms with Crippen molar-refractivity contribution in [2.45, 2.75) is 30.6 Å². The molecular formula is C11H10B4O2. The molecule has 2 nitrogen and oxygen atoms in total. The predicted octanol–water partition coefficient (Wildman–Crippen LogP) is 0.696. The Hall–Kier alpha value is -0.920. The number of hydrogen-bond acceptors (Lipinski definition) is 2. The minimum absolute atomic E-state index is 0.462. The maximum atomic E-state index is 6.03. The highest BCUT2D eigenvalue weighted by Gasteiger charge is 2.31. The van der Waals surface area contributed by atoms with Crippen LogP contribution in [0.2, 0.25) is 0 Å². The number of ether oxygens (including phenoxy) is 2. The van der Waals surface area contributed by atoms with E-state index < -0.39 is 10.8 Å². The molecular weight excluding hydrogens is 207 g/mol. The van der Waals surface area contributed by atoms with Gasteiger partial charge in [0.05, 0.1) is 15.7 Å². The molecule has 0 spiro atoms. The third kappa shape index (κ3) is 2.51. The Kier molecular flexibility index (Phi) is 3.01. The van der Waals surface area contributed by atoms with E-state index in [-0.39, 0.29) is 0 Å². The molecule has 17 heavy (non-hydrogen) atoms. The summed E-state index contributed by atoms with van der Waals surface area (Å²) in [6, 6.07) is 5.21. The average Bonchev–Trinajstić information content (AvgIpc) is 2.50. The highest BCUT2D eigenvalue weighted by atomic mass is 16.7. The van der Waals surface area contributed by atoms with Crippen molar-refractivity contribution in [1.29, 1.82) is 0 Å². The second-order valence-corrected chi connectivity index (χ2v) is 4.38. The van der Waals surface area contributed by atoms with Gasteiger partial charge in [-0.1, -0.05) is 36.6 Å². The van der Waals surface area contributed by atoms with Crippen LogP contribution in [0.1, 0.15) is 25.3 Å². The molecule has 0 N–H and O–H groups in total. The average molecular weight is 217 g/mol. The van der Waals surface area contributed by atoms with Gasteiger partial charge >= 0.3 is 0 Å². The topological polar surface area (TPSA) is 18.5 Å². The zero-order chi connectivity index (χ0) is 12.7. The van der Waals surface area contributed by atoms with Gasteiger partial charge in [-0.25, -0.2) is 0 Å². The maximum Gasteiger partial charge on any atom is 0.175 e. The first-order chi connectivity index (χ1) is 7.84. The summed E-state index contributed by atoms with van der Waals surface area (Å²) in [4.78, 5) is 0. The molecule has 1 heterocycles. The van der Waals surface area contributed by atoms with Gasteiger partial charge in [0.1, 0.15) is 0 Å². The molecule has 0 fully saturated rings. The lowest BCUT2D eigenvalue weighted by atomic mass is 9.49. The van der Waals surface area contributed by atoms with E-state index in [1.54, 1.807) is 18.2 Å². The van der Waals surface area contributed by atoms with Gasteiger partial charge in [0, 0.05) is 0 Å². The van der Waals surface area contributed by atoms with Crippen molar-refractivity contribution in [1.82, 2.24) is 0 Å². The molecule has 0 aliphatic carbocycles. The molecule has 1 aromatic rings. The second kappa shape index (κ2) is 4.08. The lowest BCUT2D eigenvalue weighted by molar-refractivity contribution is 0.0833. The smallest absolute Gasteiger partial charge is 0.175 e. The minimum Gasteiger partial charge on any atom is -0.468 e. The van der Waals surface area contributed by atoms with Crippen molar-refractivity contribution in [3.63, 3.8) is 0 Å². The van der Waals surface area contributed by atoms with Gasteiger partial charge in [0.25, 0.3) is 0 Å². The monoisotopic (exact) mass is 218 g/mol. The van der Waals surface area contributed by atoms with E-state index >= 15 is 0 Å². The molecule has 0 amide bonds. The fourth-order valence-electron chi connectivity index (χ4n) is 1.88. The van der Waals surface area contributed by atoms with Crippen LogP contribution in [0.25, 0.3) is 0 Å². The van der Waals surface area contributed by atoms with Crippen LogP contribution < -0.4 is 9.47 Å². The molecule has 0 saturated heterocycles. The first-order valence-corrected chi connectivity index (χ1v) is 5.52. The maximum absolute atomic E-state index is 6.03. The van der Waals surface area contributed by atoms with E-state index in [9.17, 15) is 0 Å². The Balaban J connectivity index is 2.30. The summed E-state index contributed by atoms with van der Waals surface area (Å²) in [5.41, 5.74) is -0.850. The number of fused-ring (bicyclic) bond motifs is 1. The van der Waals surface area contributed by atoms with E-state index in [4.69, 9.17) is 40.9 Å². The largest absolute Gasteiger partial charge is 0.468 e. The third-order valence-electron chi connectivity index (χ3n) is 2.68. The summed E-state index contributed by atoms with van der Waals surface area (Å²) in [7, 11) is 23.1. The summed E-state index contributed by atoms with van der Waals surface area (Å²) in [6.07, 6.45) is 1.56. The van der Waals surface area contributed by atoms with Gasteiger partial charge in [-0.05, 0) is 12.1 Å². The van der Waals surface area contributed by atoms with E-state index in [1.165, 1.54) is 0 Å². The quantitative estimate of drug-likeness (QED) is 0.694. The van der Waals surface area contributed by atoms with Crippen LogP contribution in [0.15, 0.2) is 18.2 Å². The molecule has 6 heteroatoms. The van der Waals surface area contributed by atoms with Crippen LogP contribution in [0.5, 0.6) is 11.5 Å².